The van der Waals surface area contributed by atoms with Crippen LogP contribution in [0.2, 0.25) is 0 Å². The Morgan fingerprint density at radius 3 is 2.67 bits per heavy atom. The molecule has 0 aliphatic carbocycles. The van der Waals surface area contributed by atoms with Gasteiger partial charge in [0.05, 0.1) is 20.8 Å². The molecule has 11 heteroatoms. The van der Waals surface area contributed by atoms with Gasteiger partial charge >= 0.3 is 6.18 Å². The number of hydrogen-bond donors (Lipinski definition) is 1. The van der Waals surface area contributed by atoms with Crippen molar-refractivity contribution in [2.75, 3.05) is 0 Å². The summed E-state index contributed by atoms with van der Waals surface area (Å²) in [7, 11) is 0. The van der Waals surface area contributed by atoms with E-state index in [2.05, 4.69) is 47.4 Å². The maximum Gasteiger partial charge on any atom is 0.417 e. The molecule has 1 amide bonds. The molecule has 0 bridgehead atoms. The number of rotatable bonds is 3. The number of aromatic nitrogens is 3. The largest absolute Gasteiger partial charge is 0.417 e. The van der Waals surface area contributed by atoms with Crippen molar-refractivity contribution in [1.82, 2.24) is 19.9 Å². The van der Waals surface area contributed by atoms with Crippen molar-refractivity contribution in [3.8, 4) is 0 Å². The Morgan fingerprint density at radius 2 is 2.04 bits per heavy atom. The number of nitrogens with one attached hydrogen (secondary N) is 1. The second-order valence-electron chi connectivity index (χ2n) is 4.67. The molecule has 3 rings (SSSR count). The van der Waals surface area contributed by atoms with E-state index in [1.54, 1.807) is 6.07 Å². The van der Waals surface area contributed by atoms with E-state index < -0.39 is 11.7 Å². The van der Waals surface area contributed by atoms with E-state index in [9.17, 15) is 18.0 Å². The molecule has 3 aromatic heterocycles. The number of carbonyl (C=O) groups excluding carboxylic acids is 1. The highest BCUT2D eigenvalue weighted by atomic mass is 79.9. The van der Waals surface area contributed by atoms with E-state index in [0.29, 0.717) is 4.88 Å². The molecular weight excluding hydrogens is 477 g/mol. The monoisotopic (exact) mass is 482 g/mol. The smallest absolute Gasteiger partial charge is 0.344 e. The van der Waals surface area contributed by atoms with Crippen LogP contribution in [0.3, 0.4) is 0 Å². The topological polar surface area (TPSA) is 59.3 Å². The molecule has 0 aliphatic heterocycles. The Labute approximate surface area is 154 Å². The third kappa shape index (κ3) is 3.47. The van der Waals surface area contributed by atoms with Gasteiger partial charge in [0.25, 0.3) is 5.91 Å². The zero-order valence-electron chi connectivity index (χ0n) is 11.6. The van der Waals surface area contributed by atoms with Gasteiger partial charge < -0.3 is 5.32 Å². The number of hydrogen-bond acceptors (Lipinski definition) is 4. The van der Waals surface area contributed by atoms with Crippen LogP contribution in [0.25, 0.3) is 5.65 Å². The van der Waals surface area contributed by atoms with Gasteiger partial charge in [-0.2, -0.15) is 13.2 Å². The van der Waals surface area contributed by atoms with Gasteiger partial charge in [-0.15, -0.1) is 21.5 Å². The van der Waals surface area contributed by atoms with Gasteiger partial charge in [0, 0.05) is 10.7 Å². The Kier molecular flexibility index (Phi) is 4.67. The van der Waals surface area contributed by atoms with Crippen LogP contribution in [0, 0.1) is 0 Å². The molecule has 0 spiro atoms. The van der Waals surface area contributed by atoms with Gasteiger partial charge in [0.15, 0.2) is 11.5 Å². The molecular formula is C13H7Br2F3N4OS. The van der Waals surface area contributed by atoms with Crippen molar-refractivity contribution in [2.45, 2.75) is 12.7 Å². The fourth-order valence-electron chi connectivity index (χ4n) is 1.93. The minimum Gasteiger partial charge on any atom is -0.344 e. The molecule has 0 atom stereocenters. The number of carbonyl (C=O) groups is 1. The van der Waals surface area contributed by atoms with Crippen LogP contribution in [0.5, 0.6) is 0 Å². The maximum atomic E-state index is 12.8. The standard InChI is InChI=1S/C13H7Br2F3N4OS/c14-7-3-8(24-11(7)15)12(23)19-4-10-21-20-9-2-1-6(5-22(9)10)13(16,17)18/h1-3,5H,4H2,(H,19,23). The summed E-state index contributed by atoms with van der Waals surface area (Å²) < 4.78 is 41.1. The predicted molar refractivity (Wildman–Crippen MR) is 88.9 cm³/mol. The number of halogens is 5. The average molecular weight is 484 g/mol. The second-order valence-corrected chi connectivity index (χ2v) is 7.90. The minimum absolute atomic E-state index is 0.0472. The summed E-state index contributed by atoms with van der Waals surface area (Å²) in [6.07, 6.45) is -3.55. The lowest BCUT2D eigenvalue weighted by Gasteiger charge is -2.07. The van der Waals surface area contributed by atoms with Crippen molar-refractivity contribution in [3.63, 3.8) is 0 Å². The molecule has 1 N–H and O–H groups in total. The fraction of sp³-hybridized carbons (Fsp3) is 0.154. The van der Waals surface area contributed by atoms with Crippen LogP contribution in [0.4, 0.5) is 13.2 Å². The van der Waals surface area contributed by atoms with E-state index in [0.717, 1.165) is 20.5 Å². The van der Waals surface area contributed by atoms with E-state index in [1.165, 1.54) is 21.8 Å². The molecule has 3 aromatic rings. The van der Waals surface area contributed by atoms with Crippen LogP contribution in [0.15, 0.2) is 32.7 Å². The van der Waals surface area contributed by atoms with Gasteiger partial charge in [0.2, 0.25) is 0 Å². The molecule has 24 heavy (non-hydrogen) atoms. The van der Waals surface area contributed by atoms with Crippen molar-refractivity contribution in [3.05, 3.63) is 48.9 Å². The summed E-state index contributed by atoms with van der Waals surface area (Å²) in [5.74, 6) is -0.144. The Bertz CT molecular complexity index is 902. The normalized spacial score (nSPS) is 11.9. The molecule has 0 aliphatic rings. The van der Waals surface area contributed by atoms with Crippen LogP contribution < -0.4 is 5.32 Å². The molecule has 0 saturated carbocycles. The minimum atomic E-state index is -4.46. The van der Waals surface area contributed by atoms with Crippen molar-refractivity contribution < 1.29 is 18.0 Å². The summed E-state index contributed by atoms with van der Waals surface area (Å²) in [5, 5.41) is 10.2. The van der Waals surface area contributed by atoms with E-state index >= 15 is 0 Å². The Hall–Kier alpha value is -1.46. The van der Waals surface area contributed by atoms with Gasteiger partial charge in [-0.05, 0) is 50.1 Å². The van der Waals surface area contributed by atoms with Gasteiger partial charge in [0.1, 0.15) is 0 Å². The summed E-state index contributed by atoms with van der Waals surface area (Å²) in [6.45, 7) is -0.0472. The number of pyridine rings is 1. The van der Waals surface area contributed by atoms with E-state index in [1.807, 2.05) is 0 Å². The first-order chi connectivity index (χ1) is 11.3. The predicted octanol–water partition coefficient (Wildman–Crippen LogP) is 4.26. The number of thiophene rings is 1. The quantitative estimate of drug-likeness (QED) is 0.605. The SMILES string of the molecule is O=C(NCc1nnc2ccc(C(F)(F)F)cn12)c1cc(Br)c(Br)s1. The van der Waals surface area contributed by atoms with Crippen molar-refractivity contribution in [1.29, 1.82) is 0 Å². The third-order valence-electron chi connectivity index (χ3n) is 3.08. The highest BCUT2D eigenvalue weighted by Gasteiger charge is 2.31. The van der Waals surface area contributed by atoms with Gasteiger partial charge in [-0.3, -0.25) is 9.20 Å². The van der Waals surface area contributed by atoms with E-state index in [-0.39, 0.29) is 23.9 Å². The summed E-state index contributed by atoms with van der Waals surface area (Å²) >= 11 is 7.81. The van der Waals surface area contributed by atoms with Crippen LogP contribution in [-0.4, -0.2) is 20.5 Å². The van der Waals surface area contributed by atoms with E-state index in [4.69, 9.17) is 0 Å². The highest BCUT2D eigenvalue weighted by Crippen LogP contribution is 2.32. The van der Waals surface area contributed by atoms with Gasteiger partial charge in [-0.1, -0.05) is 0 Å². The summed E-state index contributed by atoms with van der Waals surface area (Å²) in [5.41, 5.74) is -0.539. The number of amides is 1. The highest BCUT2D eigenvalue weighted by molar-refractivity contribution is 9.13. The number of fused-ring (bicyclic) bond motifs is 1. The summed E-state index contributed by atoms with van der Waals surface area (Å²) in [4.78, 5) is 12.5. The third-order valence-corrected chi connectivity index (χ3v) is 6.33. The fourth-order valence-corrected chi connectivity index (χ4v) is 3.88. The first-order valence-corrected chi connectivity index (χ1v) is 8.80. The maximum absolute atomic E-state index is 12.8. The molecule has 126 valence electrons. The lowest BCUT2D eigenvalue weighted by Crippen LogP contribution is -2.23. The molecule has 0 radical (unpaired) electrons. The number of alkyl halides is 3. The molecule has 0 saturated heterocycles. The zero-order chi connectivity index (χ0) is 17.5. The van der Waals surface area contributed by atoms with Crippen molar-refractivity contribution >= 4 is 54.8 Å². The number of nitrogens with zero attached hydrogens (tertiary/aromatic N) is 3. The zero-order valence-corrected chi connectivity index (χ0v) is 15.6. The average Bonchev–Trinajstić information content (AvgIpc) is 3.07. The first-order valence-electron chi connectivity index (χ1n) is 6.39. The molecule has 0 aromatic carbocycles. The lowest BCUT2D eigenvalue weighted by atomic mass is 10.3. The van der Waals surface area contributed by atoms with Crippen LogP contribution in [0.1, 0.15) is 21.1 Å². The first kappa shape index (κ1) is 17.4. The molecule has 0 unspecified atom stereocenters. The van der Waals surface area contributed by atoms with Crippen LogP contribution >= 0.6 is 43.2 Å². The lowest BCUT2D eigenvalue weighted by molar-refractivity contribution is -0.137. The molecule has 5 nitrogen and oxygen atoms in total. The summed E-state index contributed by atoms with van der Waals surface area (Å²) in [6, 6.07) is 3.81. The molecule has 3 heterocycles. The van der Waals surface area contributed by atoms with Crippen LogP contribution in [-0.2, 0) is 12.7 Å². The van der Waals surface area contributed by atoms with Gasteiger partial charge in [-0.25, -0.2) is 0 Å². The Balaban J connectivity index is 1.81. The Morgan fingerprint density at radius 1 is 1.29 bits per heavy atom. The van der Waals surface area contributed by atoms with Crippen molar-refractivity contribution in [2.24, 2.45) is 0 Å². The molecule has 0 fully saturated rings. The second kappa shape index (κ2) is 6.45.